The highest BCUT2D eigenvalue weighted by Gasteiger charge is 2.30. The van der Waals surface area contributed by atoms with Crippen molar-refractivity contribution in [3.8, 4) is 18.1 Å². The van der Waals surface area contributed by atoms with Gasteiger partial charge in [-0.3, -0.25) is 9.69 Å². The molecule has 146 valence electrons. The summed E-state index contributed by atoms with van der Waals surface area (Å²) in [4.78, 5) is 30.1. The van der Waals surface area contributed by atoms with Crippen LogP contribution >= 0.6 is 23.4 Å². The number of aromatic carboxylic acids is 1. The Morgan fingerprint density at radius 2 is 2.07 bits per heavy atom. The number of carbonyl (C=O) groups is 2. The SMILES string of the molecule is C#CCOc1ccc(/C=C2\SC(=Nc3ccc(Cl)c(C(=O)O)c3)N(C)C2=O)cc1. The lowest BCUT2D eigenvalue weighted by molar-refractivity contribution is -0.121. The molecule has 1 amide bonds. The molecule has 1 N–H and O–H groups in total. The maximum absolute atomic E-state index is 12.5. The van der Waals surface area contributed by atoms with E-state index in [0.717, 1.165) is 5.56 Å². The number of terminal acetylenes is 1. The van der Waals surface area contributed by atoms with Crippen molar-refractivity contribution in [3.63, 3.8) is 0 Å². The normalized spacial score (nSPS) is 16.3. The van der Waals surface area contributed by atoms with Crippen LogP contribution in [-0.2, 0) is 4.79 Å². The number of aliphatic imine (C=N–C) groups is 1. The molecule has 3 rings (SSSR count). The molecule has 1 aliphatic rings. The van der Waals surface area contributed by atoms with Gasteiger partial charge in [-0.2, -0.15) is 0 Å². The van der Waals surface area contributed by atoms with Crippen molar-refractivity contribution in [1.82, 2.24) is 4.90 Å². The predicted octanol–water partition coefficient (Wildman–Crippen LogP) is 4.28. The lowest BCUT2D eigenvalue weighted by Crippen LogP contribution is -2.23. The molecule has 1 heterocycles. The van der Waals surface area contributed by atoms with Gasteiger partial charge in [0.1, 0.15) is 12.4 Å². The number of carbonyl (C=O) groups excluding carboxylic acids is 1. The fourth-order valence-electron chi connectivity index (χ4n) is 2.45. The second kappa shape index (κ2) is 8.86. The molecule has 0 atom stereocenters. The van der Waals surface area contributed by atoms with E-state index >= 15 is 0 Å². The highest BCUT2D eigenvalue weighted by atomic mass is 35.5. The van der Waals surface area contributed by atoms with Crippen LogP contribution in [0.3, 0.4) is 0 Å². The van der Waals surface area contributed by atoms with Crippen LogP contribution in [0.2, 0.25) is 5.02 Å². The van der Waals surface area contributed by atoms with Crippen molar-refractivity contribution in [2.45, 2.75) is 0 Å². The van der Waals surface area contributed by atoms with Gasteiger partial charge < -0.3 is 9.84 Å². The first kappa shape index (κ1) is 20.5. The molecule has 6 nitrogen and oxygen atoms in total. The van der Waals surface area contributed by atoms with Crippen LogP contribution in [0.5, 0.6) is 5.75 Å². The van der Waals surface area contributed by atoms with Crippen LogP contribution in [0.4, 0.5) is 5.69 Å². The molecule has 0 unspecified atom stereocenters. The van der Waals surface area contributed by atoms with E-state index in [1.54, 1.807) is 31.3 Å². The van der Waals surface area contributed by atoms with E-state index < -0.39 is 5.97 Å². The number of amidine groups is 1. The third-order valence-electron chi connectivity index (χ3n) is 3.91. The summed E-state index contributed by atoms with van der Waals surface area (Å²) >= 11 is 7.09. The molecule has 1 aliphatic heterocycles. The number of thioether (sulfide) groups is 1. The number of hydrogen-bond donors (Lipinski definition) is 1. The molecule has 8 heteroatoms. The Balaban J connectivity index is 1.83. The molecule has 2 aromatic carbocycles. The van der Waals surface area contributed by atoms with Gasteiger partial charge in [0, 0.05) is 7.05 Å². The minimum Gasteiger partial charge on any atom is -0.481 e. The predicted molar refractivity (Wildman–Crippen MR) is 115 cm³/mol. The lowest BCUT2D eigenvalue weighted by Gasteiger charge is -2.07. The first-order chi connectivity index (χ1) is 13.9. The summed E-state index contributed by atoms with van der Waals surface area (Å²) in [6.45, 7) is 0.188. The summed E-state index contributed by atoms with van der Waals surface area (Å²) in [7, 11) is 1.61. The number of benzene rings is 2. The minimum atomic E-state index is -1.14. The topological polar surface area (TPSA) is 79.2 Å². The fraction of sp³-hybridized carbons (Fsp3) is 0.0952. The average molecular weight is 427 g/mol. The van der Waals surface area contributed by atoms with Crippen molar-refractivity contribution in [1.29, 1.82) is 0 Å². The molecule has 0 aromatic heterocycles. The van der Waals surface area contributed by atoms with Gasteiger partial charge in [-0.25, -0.2) is 9.79 Å². The van der Waals surface area contributed by atoms with Gasteiger partial charge in [0.2, 0.25) is 0 Å². The molecular formula is C21H15ClN2O4S. The number of amides is 1. The fourth-order valence-corrected chi connectivity index (χ4v) is 3.63. The first-order valence-electron chi connectivity index (χ1n) is 8.34. The van der Waals surface area contributed by atoms with Crippen molar-refractivity contribution in [3.05, 3.63) is 63.5 Å². The van der Waals surface area contributed by atoms with Crippen molar-refractivity contribution >= 4 is 52.2 Å². The number of nitrogens with zero attached hydrogens (tertiary/aromatic N) is 2. The second-order valence-electron chi connectivity index (χ2n) is 5.90. The molecule has 0 bridgehead atoms. The van der Waals surface area contributed by atoms with E-state index in [4.69, 9.17) is 22.8 Å². The highest BCUT2D eigenvalue weighted by molar-refractivity contribution is 8.18. The molecule has 0 aliphatic carbocycles. The van der Waals surface area contributed by atoms with Gasteiger partial charge in [0.15, 0.2) is 5.17 Å². The van der Waals surface area contributed by atoms with Gasteiger partial charge in [-0.1, -0.05) is 29.7 Å². The van der Waals surface area contributed by atoms with E-state index in [2.05, 4.69) is 10.9 Å². The standard InChI is InChI=1S/C21H15ClN2O4S/c1-3-10-28-15-7-4-13(5-8-15)11-18-19(25)24(2)21(29-18)23-14-6-9-17(22)16(12-14)20(26)27/h1,4-9,11-12H,10H2,2H3,(H,26,27)/b18-11-,23-21?. The largest absolute Gasteiger partial charge is 0.481 e. The van der Waals surface area contributed by atoms with E-state index in [9.17, 15) is 14.7 Å². The van der Waals surface area contributed by atoms with E-state index in [0.29, 0.717) is 21.5 Å². The Hall–Kier alpha value is -3.21. The number of hydrogen-bond acceptors (Lipinski definition) is 5. The maximum atomic E-state index is 12.5. The van der Waals surface area contributed by atoms with Gasteiger partial charge in [0.25, 0.3) is 5.91 Å². The summed E-state index contributed by atoms with van der Waals surface area (Å²) in [5, 5.41) is 9.75. The number of likely N-dealkylation sites (N-methyl/N-ethyl adjacent to an activating group) is 1. The van der Waals surface area contributed by atoms with Gasteiger partial charge in [-0.05, 0) is 53.7 Å². The zero-order valence-corrected chi connectivity index (χ0v) is 16.8. The average Bonchev–Trinajstić information content (AvgIpc) is 2.96. The number of rotatable bonds is 5. The highest BCUT2D eigenvalue weighted by Crippen LogP contribution is 2.34. The summed E-state index contributed by atoms with van der Waals surface area (Å²) in [5.41, 5.74) is 1.17. The van der Waals surface area contributed by atoms with Crippen LogP contribution in [0.25, 0.3) is 6.08 Å². The number of ether oxygens (including phenoxy) is 1. The number of carboxylic acid groups (broad SMARTS) is 1. The Bertz CT molecular complexity index is 1070. The molecule has 0 radical (unpaired) electrons. The van der Waals surface area contributed by atoms with Crippen LogP contribution in [0.1, 0.15) is 15.9 Å². The van der Waals surface area contributed by atoms with Crippen LogP contribution in [-0.4, -0.2) is 40.7 Å². The van der Waals surface area contributed by atoms with Crippen LogP contribution in [0.15, 0.2) is 52.4 Å². The molecule has 0 spiro atoms. The zero-order chi connectivity index (χ0) is 21.0. The van der Waals surface area contributed by atoms with Gasteiger partial charge >= 0.3 is 5.97 Å². The van der Waals surface area contributed by atoms with Crippen molar-refractivity contribution in [2.24, 2.45) is 4.99 Å². The van der Waals surface area contributed by atoms with Gasteiger partial charge in [0.05, 0.1) is 21.2 Å². The molecule has 1 fully saturated rings. The van der Waals surface area contributed by atoms with Crippen LogP contribution < -0.4 is 4.74 Å². The molecule has 29 heavy (non-hydrogen) atoms. The van der Waals surface area contributed by atoms with E-state index in [1.807, 2.05) is 12.1 Å². The summed E-state index contributed by atoms with van der Waals surface area (Å²) in [6.07, 6.45) is 6.92. The Labute approximate surface area is 176 Å². The van der Waals surface area contributed by atoms with Crippen LogP contribution in [0, 0.1) is 12.3 Å². The Morgan fingerprint density at radius 3 is 2.72 bits per heavy atom. The molecular weight excluding hydrogens is 412 g/mol. The molecule has 1 saturated heterocycles. The third-order valence-corrected chi connectivity index (χ3v) is 5.30. The minimum absolute atomic E-state index is 0.0478. The smallest absolute Gasteiger partial charge is 0.337 e. The summed E-state index contributed by atoms with van der Waals surface area (Å²) < 4.78 is 5.33. The maximum Gasteiger partial charge on any atom is 0.337 e. The Kier molecular flexibility index (Phi) is 6.27. The lowest BCUT2D eigenvalue weighted by atomic mass is 10.2. The number of carboxylic acids is 1. The quantitative estimate of drug-likeness (QED) is 0.570. The van der Waals surface area contributed by atoms with E-state index in [-0.39, 0.29) is 23.1 Å². The second-order valence-corrected chi connectivity index (χ2v) is 7.32. The van der Waals surface area contributed by atoms with Crippen molar-refractivity contribution < 1.29 is 19.4 Å². The summed E-state index contributed by atoms with van der Waals surface area (Å²) in [5.74, 6) is 1.70. The Morgan fingerprint density at radius 1 is 1.34 bits per heavy atom. The zero-order valence-electron chi connectivity index (χ0n) is 15.3. The van der Waals surface area contributed by atoms with Gasteiger partial charge in [-0.15, -0.1) is 6.42 Å². The third kappa shape index (κ3) is 4.80. The molecule has 0 saturated carbocycles. The number of halogens is 1. The monoisotopic (exact) mass is 426 g/mol. The van der Waals surface area contributed by atoms with E-state index in [1.165, 1.54) is 28.8 Å². The summed E-state index contributed by atoms with van der Waals surface area (Å²) in [6, 6.07) is 11.6. The molecule has 2 aromatic rings. The first-order valence-corrected chi connectivity index (χ1v) is 9.54. The van der Waals surface area contributed by atoms with Crippen molar-refractivity contribution in [2.75, 3.05) is 13.7 Å².